The van der Waals surface area contributed by atoms with Crippen molar-refractivity contribution in [1.82, 2.24) is 0 Å². The van der Waals surface area contributed by atoms with E-state index in [1.165, 1.54) is 25.7 Å². The lowest BCUT2D eigenvalue weighted by Crippen LogP contribution is -2.39. The lowest BCUT2D eigenvalue weighted by molar-refractivity contribution is -0.0657. The van der Waals surface area contributed by atoms with Gasteiger partial charge in [0.1, 0.15) is 12.4 Å². The van der Waals surface area contributed by atoms with Gasteiger partial charge in [-0.15, -0.1) is 0 Å². The highest BCUT2D eigenvalue weighted by atomic mass is 127. The van der Waals surface area contributed by atoms with E-state index in [0.717, 1.165) is 16.1 Å². The SMILES string of the molecule is CC1CCC(CI)(OCCOc2ccccc2)CC1. The second-order valence-electron chi connectivity index (χ2n) is 5.51. The summed E-state index contributed by atoms with van der Waals surface area (Å²) in [5.74, 6) is 1.78. The topological polar surface area (TPSA) is 18.5 Å². The Bertz CT molecular complexity index is 358. The van der Waals surface area contributed by atoms with Crippen molar-refractivity contribution in [1.29, 1.82) is 0 Å². The lowest BCUT2D eigenvalue weighted by Gasteiger charge is -2.38. The van der Waals surface area contributed by atoms with Gasteiger partial charge in [0.25, 0.3) is 0 Å². The molecule has 1 saturated carbocycles. The van der Waals surface area contributed by atoms with Crippen molar-refractivity contribution in [2.24, 2.45) is 5.92 Å². The van der Waals surface area contributed by atoms with Crippen LogP contribution in [0.4, 0.5) is 0 Å². The van der Waals surface area contributed by atoms with Crippen LogP contribution < -0.4 is 4.74 Å². The molecule has 1 aliphatic rings. The molecule has 0 unspecified atom stereocenters. The average molecular weight is 374 g/mol. The van der Waals surface area contributed by atoms with Gasteiger partial charge in [-0.05, 0) is 43.7 Å². The molecule has 0 atom stereocenters. The number of para-hydroxylation sites is 1. The second-order valence-corrected chi connectivity index (χ2v) is 6.27. The first-order chi connectivity index (χ1) is 9.24. The predicted octanol–water partition coefficient (Wildman–Crippen LogP) is 4.47. The van der Waals surface area contributed by atoms with Crippen LogP contribution in [0.2, 0.25) is 0 Å². The van der Waals surface area contributed by atoms with E-state index in [2.05, 4.69) is 29.5 Å². The Hall–Kier alpha value is -0.290. The van der Waals surface area contributed by atoms with Crippen molar-refractivity contribution >= 4 is 22.6 Å². The summed E-state index contributed by atoms with van der Waals surface area (Å²) in [6, 6.07) is 9.94. The summed E-state index contributed by atoms with van der Waals surface area (Å²) >= 11 is 2.46. The molecular formula is C16H23IO2. The van der Waals surface area contributed by atoms with E-state index in [9.17, 15) is 0 Å². The van der Waals surface area contributed by atoms with Crippen LogP contribution in [0.1, 0.15) is 32.6 Å². The van der Waals surface area contributed by atoms with Crippen molar-refractivity contribution in [2.75, 3.05) is 17.6 Å². The van der Waals surface area contributed by atoms with Gasteiger partial charge in [-0.25, -0.2) is 0 Å². The van der Waals surface area contributed by atoms with Crippen molar-refractivity contribution < 1.29 is 9.47 Å². The fraction of sp³-hybridized carbons (Fsp3) is 0.625. The Morgan fingerprint density at radius 2 is 1.84 bits per heavy atom. The Balaban J connectivity index is 1.72. The summed E-state index contributed by atoms with van der Waals surface area (Å²) in [6.45, 7) is 3.67. The quantitative estimate of drug-likeness (QED) is 0.416. The predicted molar refractivity (Wildman–Crippen MR) is 87.1 cm³/mol. The fourth-order valence-electron chi connectivity index (χ4n) is 2.54. The molecule has 1 aromatic rings. The summed E-state index contributed by atoms with van der Waals surface area (Å²) in [5, 5.41) is 0. The minimum Gasteiger partial charge on any atom is -0.491 e. The zero-order chi connectivity index (χ0) is 13.6. The van der Waals surface area contributed by atoms with Gasteiger partial charge in [0.05, 0.1) is 12.2 Å². The van der Waals surface area contributed by atoms with Gasteiger partial charge in [0, 0.05) is 4.43 Å². The number of halogens is 1. The molecule has 1 aromatic carbocycles. The average Bonchev–Trinajstić information content (AvgIpc) is 2.47. The number of alkyl halides is 1. The first-order valence-electron chi connectivity index (χ1n) is 7.12. The molecule has 2 nitrogen and oxygen atoms in total. The Morgan fingerprint density at radius 1 is 1.16 bits per heavy atom. The Labute approximate surface area is 130 Å². The van der Waals surface area contributed by atoms with Crippen molar-refractivity contribution in [2.45, 2.75) is 38.2 Å². The number of hydrogen-bond acceptors (Lipinski definition) is 2. The Kier molecular flexibility index (Phi) is 5.95. The van der Waals surface area contributed by atoms with Gasteiger partial charge in [0.2, 0.25) is 0 Å². The first kappa shape index (κ1) is 15.1. The molecule has 0 bridgehead atoms. The van der Waals surface area contributed by atoms with Crippen molar-refractivity contribution in [3.8, 4) is 5.75 Å². The highest BCUT2D eigenvalue weighted by Gasteiger charge is 2.33. The summed E-state index contributed by atoms with van der Waals surface area (Å²) in [7, 11) is 0. The Morgan fingerprint density at radius 3 is 2.47 bits per heavy atom. The van der Waals surface area contributed by atoms with E-state index < -0.39 is 0 Å². The molecule has 0 saturated heterocycles. The van der Waals surface area contributed by atoms with Crippen molar-refractivity contribution in [3.05, 3.63) is 30.3 Å². The summed E-state index contributed by atoms with van der Waals surface area (Å²) < 4.78 is 12.9. The van der Waals surface area contributed by atoms with E-state index in [0.29, 0.717) is 13.2 Å². The maximum atomic E-state index is 6.16. The van der Waals surface area contributed by atoms with Crippen LogP contribution >= 0.6 is 22.6 Å². The number of benzene rings is 1. The molecular weight excluding hydrogens is 351 g/mol. The van der Waals surface area contributed by atoms with Gasteiger partial charge in [-0.1, -0.05) is 47.7 Å². The highest BCUT2D eigenvalue weighted by Crippen LogP contribution is 2.36. The third-order valence-electron chi connectivity index (χ3n) is 3.93. The zero-order valence-corrected chi connectivity index (χ0v) is 13.8. The molecule has 1 aliphatic carbocycles. The summed E-state index contributed by atoms with van der Waals surface area (Å²) in [5.41, 5.74) is 0.104. The second kappa shape index (κ2) is 7.48. The molecule has 1 fully saturated rings. The van der Waals surface area contributed by atoms with E-state index in [-0.39, 0.29) is 5.60 Å². The lowest BCUT2D eigenvalue weighted by atomic mass is 9.80. The number of rotatable bonds is 6. The minimum absolute atomic E-state index is 0.104. The molecule has 3 heteroatoms. The molecule has 0 aromatic heterocycles. The fourth-order valence-corrected chi connectivity index (χ4v) is 3.52. The molecule has 0 spiro atoms. The van der Waals surface area contributed by atoms with Crippen LogP contribution in [-0.2, 0) is 4.74 Å². The van der Waals surface area contributed by atoms with Crippen LogP contribution in [0.5, 0.6) is 5.75 Å². The van der Waals surface area contributed by atoms with E-state index in [1.807, 2.05) is 30.3 Å². The summed E-state index contributed by atoms with van der Waals surface area (Å²) in [4.78, 5) is 0. The van der Waals surface area contributed by atoms with Crippen LogP contribution in [0.25, 0.3) is 0 Å². The molecule has 2 rings (SSSR count). The van der Waals surface area contributed by atoms with Crippen molar-refractivity contribution in [3.63, 3.8) is 0 Å². The minimum atomic E-state index is 0.104. The third-order valence-corrected chi connectivity index (χ3v) is 5.32. The van der Waals surface area contributed by atoms with E-state index in [1.54, 1.807) is 0 Å². The highest BCUT2D eigenvalue weighted by molar-refractivity contribution is 14.1. The van der Waals surface area contributed by atoms with Crippen LogP contribution in [0.15, 0.2) is 30.3 Å². The molecule has 0 heterocycles. The molecule has 0 radical (unpaired) electrons. The summed E-state index contributed by atoms with van der Waals surface area (Å²) in [6.07, 6.45) is 4.98. The number of hydrogen-bond donors (Lipinski definition) is 0. The van der Waals surface area contributed by atoms with E-state index in [4.69, 9.17) is 9.47 Å². The smallest absolute Gasteiger partial charge is 0.119 e. The maximum Gasteiger partial charge on any atom is 0.119 e. The van der Waals surface area contributed by atoms with Gasteiger partial charge in [0.15, 0.2) is 0 Å². The molecule has 106 valence electrons. The van der Waals surface area contributed by atoms with Crippen LogP contribution in [0.3, 0.4) is 0 Å². The standard InChI is InChI=1S/C16H23IO2/c1-14-7-9-16(13-17,10-8-14)19-12-11-18-15-5-3-2-4-6-15/h2-6,14H,7-13H2,1H3. The van der Waals surface area contributed by atoms with Crippen LogP contribution in [0, 0.1) is 5.92 Å². The third kappa shape index (κ3) is 4.63. The van der Waals surface area contributed by atoms with Gasteiger partial charge >= 0.3 is 0 Å². The molecule has 0 amide bonds. The molecule has 0 aliphatic heterocycles. The maximum absolute atomic E-state index is 6.16. The first-order valence-corrected chi connectivity index (χ1v) is 8.64. The monoisotopic (exact) mass is 374 g/mol. The molecule has 0 N–H and O–H groups in total. The van der Waals surface area contributed by atoms with E-state index >= 15 is 0 Å². The van der Waals surface area contributed by atoms with Crippen LogP contribution in [-0.4, -0.2) is 23.2 Å². The van der Waals surface area contributed by atoms with Gasteiger partial charge in [-0.2, -0.15) is 0 Å². The molecule has 19 heavy (non-hydrogen) atoms. The van der Waals surface area contributed by atoms with Gasteiger partial charge in [-0.3, -0.25) is 0 Å². The number of ether oxygens (including phenoxy) is 2. The van der Waals surface area contributed by atoms with Gasteiger partial charge < -0.3 is 9.47 Å². The largest absolute Gasteiger partial charge is 0.491 e. The zero-order valence-electron chi connectivity index (χ0n) is 11.6. The normalized spacial score (nSPS) is 27.2.